The normalized spacial score (nSPS) is 19.3. The van der Waals surface area contributed by atoms with E-state index in [0.29, 0.717) is 0 Å². The Bertz CT molecular complexity index is 397. The fraction of sp³-hybridized carbons (Fsp3) is 0.538. The standard InChI is InChI=1S/C13H17F2NO.ClH/c14-10-7-3-6-9(11(10)15)12(16)13(17)8-4-1-2-5-8;/h3,6-8,12-13,17H,1-2,4-5,16H2;1H/t12-,13+;/m1./s1. The number of benzene rings is 1. The maximum atomic E-state index is 13.5. The van der Waals surface area contributed by atoms with Crippen LogP contribution in [0.4, 0.5) is 8.78 Å². The number of nitrogens with two attached hydrogens (primary N) is 1. The van der Waals surface area contributed by atoms with E-state index in [1.807, 2.05) is 0 Å². The number of halogens is 3. The van der Waals surface area contributed by atoms with Crippen molar-refractivity contribution in [2.75, 3.05) is 0 Å². The van der Waals surface area contributed by atoms with Gasteiger partial charge in [-0.25, -0.2) is 8.78 Å². The highest BCUT2D eigenvalue weighted by Crippen LogP contribution is 2.33. The van der Waals surface area contributed by atoms with Crippen LogP contribution >= 0.6 is 12.4 Å². The third kappa shape index (κ3) is 2.99. The second-order valence-corrected chi connectivity index (χ2v) is 4.70. The maximum absolute atomic E-state index is 13.5. The molecule has 2 nitrogen and oxygen atoms in total. The third-order valence-electron chi connectivity index (χ3n) is 3.59. The Morgan fingerprint density at radius 3 is 2.44 bits per heavy atom. The number of aliphatic hydroxyl groups is 1. The number of hydrogen-bond acceptors (Lipinski definition) is 2. The molecule has 1 fully saturated rings. The molecule has 0 unspecified atom stereocenters. The minimum absolute atomic E-state index is 0. The van der Waals surface area contributed by atoms with E-state index in [-0.39, 0.29) is 23.9 Å². The highest BCUT2D eigenvalue weighted by atomic mass is 35.5. The molecule has 2 atom stereocenters. The molecular formula is C13H18ClF2NO. The Labute approximate surface area is 112 Å². The largest absolute Gasteiger partial charge is 0.391 e. The van der Waals surface area contributed by atoms with Gasteiger partial charge in [0.05, 0.1) is 12.1 Å². The first-order valence-electron chi connectivity index (χ1n) is 5.99. The van der Waals surface area contributed by atoms with Gasteiger partial charge in [0.25, 0.3) is 0 Å². The fourth-order valence-electron chi connectivity index (χ4n) is 2.55. The molecule has 5 heteroatoms. The van der Waals surface area contributed by atoms with E-state index in [2.05, 4.69) is 0 Å². The van der Waals surface area contributed by atoms with Crippen molar-refractivity contribution in [3.05, 3.63) is 35.4 Å². The highest BCUT2D eigenvalue weighted by molar-refractivity contribution is 5.85. The molecule has 0 aliphatic heterocycles. The van der Waals surface area contributed by atoms with Gasteiger partial charge in [-0.15, -0.1) is 12.4 Å². The Kier molecular flexibility index (Phi) is 5.50. The van der Waals surface area contributed by atoms with Crippen molar-refractivity contribution in [1.29, 1.82) is 0 Å². The lowest BCUT2D eigenvalue weighted by Crippen LogP contribution is -2.32. The molecule has 102 valence electrons. The summed E-state index contributed by atoms with van der Waals surface area (Å²) < 4.78 is 26.6. The molecule has 0 heterocycles. The van der Waals surface area contributed by atoms with Gasteiger partial charge in [-0.05, 0) is 24.8 Å². The molecule has 0 saturated heterocycles. The predicted molar refractivity (Wildman–Crippen MR) is 68.5 cm³/mol. The summed E-state index contributed by atoms with van der Waals surface area (Å²) in [5.41, 5.74) is 5.89. The summed E-state index contributed by atoms with van der Waals surface area (Å²) >= 11 is 0. The van der Waals surface area contributed by atoms with Crippen molar-refractivity contribution >= 4 is 12.4 Å². The van der Waals surface area contributed by atoms with Gasteiger partial charge >= 0.3 is 0 Å². The number of rotatable bonds is 3. The molecule has 0 amide bonds. The van der Waals surface area contributed by atoms with Crippen LogP contribution in [0, 0.1) is 17.6 Å². The van der Waals surface area contributed by atoms with E-state index in [4.69, 9.17) is 5.73 Å². The summed E-state index contributed by atoms with van der Waals surface area (Å²) in [6, 6.07) is 3.04. The molecule has 1 aromatic carbocycles. The Morgan fingerprint density at radius 2 is 1.83 bits per heavy atom. The number of aliphatic hydroxyl groups excluding tert-OH is 1. The van der Waals surface area contributed by atoms with Crippen LogP contribution in [0.3, 0.4) is 0 Å². The van der Waals surface area contributed by atoms with Crippen LogP contribution in [0.5, 0.6) is 0 Å². The minimum atomic E-state index is -0.947. The highest BCUT2D eigenvalue weighted by Gasteiger charge is 2.30. The Balaban J connectivity index is 0.00000162. The molecule has 2 rings (SSSR count). The molecule has 0 aromatic heterocycles. The molecule has 3 N–H and O–H groups in total. The summed E-state index contributed by atoms with van der Waals surface area (Å²) in [5.74, 6) is -1.76. The third-order valence-corrected chi connectivity index (χ3v) is 3.59. The van der Waals surface area contributed by atoms with Gasteiger partial charge in [-0.3, -0.25) is 0 Å². The van der Waals surface area contributed by atoms with Crippen molar-refractivity contribution in [3.63, 3.8) is 0 Å². The summed E-state index contributed by atoms with van der Waals surface area (Å²) in [6.45, 7) is 0. The maximum Gasteiger partial charge on any atom is 0.163 e. The van der Waals surface area contributed by atoms with Gasteiger partial charge in [-0.2, -0.15) is 0 Å². The lowest BCUT2D eigenvalue weighted by Gasteiger charge is -2.24. The SMILES string of the molecule is Cl.N[C@H](c1cccc(F)c1F)[C@@H](O)C1CCCC1. The molecule has 0 radical (unpaired) electrons. The van der Waals surface area contributed by atoms with Crippen LogP contribution in [-0.4, -0.2) is 11.2 Å². The van der Waals surface area contributed by atoms with Gasteiger partial charge in [0, 0.05) is 5.56 Å². The van der Waals surface area contributed by atoms with Gasteiger partial charge in [0.2, 0.25) is 0 Å². The van der Waals surface area contributed by atoms with Gasteiger partial charge in [-0.1, -0.05) is 25.0 Å². The monoisotopic (exact) mass is 277 g/mol. The van der Waals surface area contributed by atoms with Crippen LogP contribution in [0.2, 0.25) is 0 Å². The average molecular weight is 278 g/mol. The van der Waals surface area contributed by atoms with E-state index in [1.54, 1.807) is 0 Å². The molecule has 1 aliphatic carbocycles. The van der Waals surface area contributed by atoms with Crippen molar-refractivity contribution in [2.24, 2.45) is 11.7 Å². The summed E-state index contributed by atoms with van der Waals surface area (Å²) in [4.78, 5) is 0. The zero-order chi connectivity index (χ0) is 12.4. The van der Waals surface area contributed by atoms with Crippen molar-refractivity contribution in [1.82, 2.24) is 0 Å². The first-order chi connectivity index (χ1) is 8.11. The zero-order valence-electron chi connectivity index (χ0n) is 9.98. The van der Waals surface area contributed by atoms with E-state index in [1.165, 1.54) is 12.1 Å². The second-order valence-electron chi connectivity index (χ2n) is 4.70. The molecule has 1 saturated carbocycles. The topological polar surface area (TPSA) is 46.2 Å². The van der Waals surface area contributed by atoms with Crippen molar-refractivity contribution in [2.45, 2.75) is 37.8 Å². The van der Waals surface area contributed by atoms with Crippen molar-refractivity contribution < 1.29 is 13.9 Å². The summed E-state index contributed by atoms with van der Waals surface area (Å²) in [6.07, 6.45) is 3.16. The van der Waals surface area contributed by atoms with E-state index < -0.39 is 23.8 Å². The van der Waals surface area contributed by atoms with Gasteiger partial charge < -0.3 is 10.8 Å². The molecule has 1 aromatic rings. The Morgan fingerprint density at radius 1 is 1.22 bits per heavy atom. The smallest absolute Gasteiger partial charge is 0.163 e. The molecule has 0 bridgehead atoms. The van der Waals surface area contributed by atoms with E-state index in [0.717, 1.165) is 31.7 Å². The first kappa shape index (κ1) is 15.3. The molecule has 18 heavy (non-hydrogen) atoms. The predicted octanol–water partition coefficient (Wildman–Crippen LogP) is 2.94. The van der Waals surface area contributed by atoms with Gasteiger partial charge in [0.15, 0.2) is 11.6 Å². The van der Waals surface area contributed by atoms with Crippen LogP contribution in [-0.2, 0) is 0 Å². The first-order valence-corrected chi connectivity index (χ1v) is 5.99. The summed E-state index contributed by atoms with van der Waals surface area (Å²) in [5, 5.41) is 10.1. The van der Waals surface area contributed by atoms with Crippen LogP contribution in [0.15, 0.2) is 18.2 Å². The van der Waals surface area contributed by atoms with Crippen LogP contribution in [0.1, 0.15) is 37.3 Å². The number of hydrogen-bond donors (Lipinski definition) is 2. The second kappa shape index (κ2) is 6.45. The lowest BCUT2D eigenvalue weighted by atomic mass is 9.90. The zero-order valence-corrected chi connectivity index (χ0v) is 10.8. The van der Waals surface area contributed by atoms with E-state index >= 15 is 0 Å². The van der Waals surface area contributed by atoms with Crippen molar-refractivity contribution in [3.8, 4) is 0 Å². The molecular weight excluding hydrogens is 260 g/mol. The van der Waals surface area contributed by atoms with Crippen LogP contribution < -0.4 is 5.73 Å². The molecule has 0 spiro atoms. The fourth-order valence-corrected chi connectivity index (χ4v) is 2.55. The average Bonchev–Trinajstić information content (AvgIpc) is 2.84. The minimum Gasteiger partial charge on any atom is -0.391 e. The Hall–Kier alpha value is -0.710. The lowest BCUT2D eigenvalue weighted by molar-refractivity contribution is 0.0830. The quantitative estimate of drug-likeness (QED) is 0.892. The molecule has 1 aliphatic rings. The van der Waals surface area contributed by atoms with Crippen LogP contribution in [0.25, 0.3) is 0 Å². The summed E-state index contributed by atoms with van der Waals surface area (Å²) in [7, 11) is 0. The van der Waals surface area contributed by atoms with Gasteiger partial charge in [0.1, 0.15) is 0 Å². The van der Waals surface area contributed by atoms with E-state index in [9.17, 15) is 13.9 Å².